The van der Waals surface area contributed by atoms with Crippen LogP contribution in [-0.2, 0) is 4.74 Å². The van der Waals surface area contributed by atoms with Gasteiger partial charge in [-0.1, -0.05) is 0 Å². The van der Waals surface area contributed by atoms with Crippen molar-refractivity contribution < 1.29 is 24.2 Å². The Kier molecular flexibility index (Phi) is 5.06. The Bertz CT molecular complexity index is 645. The van der Waals surface area contributed by atoms with Crippen LogP contribution >= 0.6 is 0 Å². The van der Waals surface area contributed by atoms with E-state index in [0.717, 1.165) is 6.20 Å². The fourth-order valence-electron chi connectivity index (χ4n) is 2.34. The fraction of sp³-hybridized carbons (Fsp3) is 0.500. The highest BCUT2D eigenvalue weighted by atomic mass is 16.6. The van der Waals surface area contributed by atoms with Gasteiger partial charge in [0.2, 0.25) is 0 Å². The maximum Gasteiger partial charge on any atom is 0.410 e. The van der Waals surface area contributed by atoms with Crippen molar-refractivity contribution in [2.45, 2.75) is 26.4 Å². The van der Waals surface area contributed by atoms with Gasteiger partial charge >= 0.3 is 12.1 Å². The number of carbonyl (C=O) groups is 3. The van der Waals surface area contributed by atoms with Crippen molar-refractivity contribution in [1.82, 2.24) is 14.8 Å². The molecule has 2 rings (SSSR count). The highest BCUT2D eigenvalue weighted by Crippen LogP contribution is 2.15. The van der Waals surface area contributed by atoms with Gasteiger partial charge in [0.25, 0.3) is 5.91 Å². The Morgan fingerprint density at radius 1 is 1.08 bits per heavy atom. The van der Waals surface area contributed by atoms with Crippen molar-refractivity contribution in [3.05, 3.63) is 29.6 Å². The number of carboxylic acid groups (broad SMARTS) is 1. The lowest BCUT2D eigenvalue weighted by Crippen LogP contribution is -2.51. The molecule has 8 nitrogen and oxygen atoms in total. The average molecular weight is 335 g/mol. The van der Waals surface area contributed by atoms with Crippen LogP contribution in [0.2, 0.25) is 0 Å². The van der Waals surface area contributed by atoms with E-state index >= 15 is 0 Å². The van der Waals surface area contributed by atoms with E-state index in [4.69, 9.17) is 9.84 Å². The van der Waals surface area contributed by atoms with Crippen molar-refractivity contribution in [2.75, 3.05) is 26.2 Å². The van der Waals surface area contributed by atoms with Gasteiger partial charge in [0.15, 0.2) is 0 Å². The van der Waals surface area contributed by atoms with Gasteiger partial charge in [-0.3, -0.25) is 9.78 Å². The molecule has 1 aliphatic rings. The average Bonchev–Trinajstić information content (AvgIpc) is 2.52. The summed E-state index contributed by atoms with van der Waals surface area (Å²) in [6, 6.07) is 1.39. The van der Waals surface area contributed by atoms with E-state index in [1.165, 1.54) is 17.2 Å². The molecule has 1 saturated heterocycles. The number of amides is 2. The Hall–Kier alpha value is -2.64. The van der Waals surface area contributed by atoms with Gasteiger partial charge in [-0.2, -0.15) is 0 Å². The summed E-state index contributed by atoms with van der Waals surface area (Å²) in [4.78, 5) is 42.6. The number of nitrogens with zero attached hydrogens (tertiary/aromatic N) is 3. The van der Waals surface area contributed by atoms with Gasteiger partial charge in [0.1, 0.15) is 5.60 Å². The van der Waals surface area contributed by atoms with Crippen LogP contribution in [-0.4, -0.2) is 69.6 Å². The number of hydrogen-bond donors (Lipinski definition) is 1. The molecule has 8 heteroatoms. The highest BCUT2D eigenvalue weighted by molar-refractivity contribution is 6.04. The molecule has 0 atom stereocenters. The smallest absolute Gasteiger partial charge is 0.410 e. The normalized spacial score (nSPS) is 15.1. The SMILES string of the molecule is CC(C)(C)OC(=O)N1CCN(C(=O)c2ccncc2C(=O)O)CC1. The minimum atomic E-state index is -1.20. The Morgan fingerprint density at radius 2 is 1.67 bits per heavy atom. The molecule has 24 heavy (non-hydrogen) atoms. The van der Waals surface area contributed by atoms with Crippen LogP contribution in [0.25, 0.3) is 0 Å². The monoisotopic (exact) mass is 335 g/mol. The van der Waals surface area contributed by atoms with Gasteiger partial charge in [-0.15, -0.1) is 0 Å². The van der Waals surface area contributed by atoms with Gasteiger partial charge in [-0.05, 0) is 26.8 Å². The third kappa shape index (κ3) is 4.21. The van der Waals surface area contributed by atoms with E-state index in [0.29, 0.717) is 26.2 Å². The molecule has 0 unspecified atom stereocenters. The van der Waals surface area contributed by atoms with E-state index in [1.807, 2.05) is 0 Å². The lowest BCUT2D eigenvalue weighted by molar-refractivity contribution is 0.0141. The Morgan fingerprint density at radius 3 is 2.21 bits per heavy atom. The van der Waals surface area contributed by atoms with Crippen molar-refractivity contribution in [1.29, 1.82) is 0 Å². The maximum absolute atomic E-state index is 12.5. The molecule has 130 valence electrons. The summed E-state index contributed by atoms with van der Waals surface area (Å²) < 4.78 is 5.31. The summed E-state index contributed by atoms with van der Waals surface area (Å²) in [5, 5.41) is 9.16. The lowest BCUT2D eigenvalue weighted by atomic mass is 10.1. The van der Waals surface area contributed by atoms with E-state index in [1.54, 1.807) is 25.7 Å². The number of carboxylic acids is 1. The van der Waals surface area contributed by atoms with Crippen LogP contribution in [0, 0.1) is 0 Å². The zero-order chi connectivity index (χ0) is 17.9. The first kappa shape index (κ1) is 17.7. The number of carbonyl (C=O) groups excluding carboxylic acids is 2. The number of piperazine rings is 1. The summed E-state index contributed by atoms with van der Waals surface area (Å²) in [5.74, 6) is -1.57. The molecule has 1 N–H and O–H groups in total. The third-order valence-corrected chi connectivity index (χ3v) is 3.50. The summed E-state index contributed by atoms with van der Waals surface area (Å²) in [6.07, 6.45) is 2.13. The van der Waals surface area contributed by atoms with Crippen molar-refractivity contribution in [2.24, 2.45) is 0 Å². The van der Waals surface area contributed by atoms with E-state index in [9.17, 15) is 14.4 Å². The van der Waals surface area contributed by atoms with Gasteiger partial charge in [0.05, 0.1) is 11.1 Å². The zero-order valence-electron chi connectivity index (χ0n) is 14.0. The van der Waals surface area contributed by atoms with E-state index in [-0.39, 0.29) is 17.0 Å². The van der Waals surface area contributed by atoms with Crippen LogP contribution in [0.15, 0.2) is 18.5 Å². The maximum atomic E-state index is 12.5. The minimum Gasteiger partial charge on any atom is -0.478 e. The number of rotatable bonds is 2. The highest BCUT2D eigenvalue weighted by Gasteiger charge is 2.29. The molecule has 1 aromatic rings. The molecule has 1 aliphatic heterocycles. The standard InChI is InChI=1S/C16H21N3O5/c1-16(2,3)24-15(23)19-8-6-18(7-9-19)13(20)11-4-5-17-10-12(11)14(21)22/h4-5,10H,6-9H2,1-3H3,(H,21,22). The van der Waals surface area contributed by atoms with E-state index < -0.39 is 17.7 Å². The van der Waals surface area contributed by atoms with Gasteiger partial charge in [-0.25, -0.2) is 9.59 Å². The molecule has 2 heterocycles. The predicted molar refractivity (Wildman–Crippen MR) is 84.9 cm³/mol. The quantitative estimate of drug-likeness (QED) is 0.878. The zero-order valence-corrected chi connectivity index (χ0v) is 14.0. The molecule has 0 bridgehead atoms. The number of aromatic nitrogens is 1. The molecule has 1 aromatic heterocycles. The van der Waals surface area contributed by atoms with Gasteiger partial charge in [0, 0.05) is 38.6 Å². The van der Waals surface area contributed by atoms with E-state index in [2.05, 4.69) is 4.98 Å². The number of pyridine rings is 1. The Balaban J connectivity index is 2.01. The largest absolute Gasteiger partial charge is 0.478 e. The van der Waals surface area contributed by atoms with Crippen LogP contribution in [0.1, 0.15) is 41.5 Å². The first-order valence-corrected chi connectivity index (χ1v) is 7.63. The van der Waals surface area contributed by atoms with Crippen molar-refractivity contribution >= 4 is 18.0 Å². The summed E-state index contributed by atoms with van der Waals surface area (Å²) in [6.45, 7) is 6.70. The van der Waals surface area contributed by atoms with Crippen LogP contribution < -0.4 is 0 Å². The Labute approximate surface area is 140 Å². The molecule has 1 fully saturated rings. The van der Waals surface area contributed by atoms with Crippen molar-refractivity contribution in [3.8, 4) is 0 Å². The molecule has 0 aliphatic carbocycles. The summed E-state index contributed by atoms with van der Waals surface area (Å²) in [5.41, 5.74) is -0.599. The number of ether oxygens (including phenoxy) is 1. The fourth-order valence-corrected chi connectivity index (χ4v) is 2.34. The second kappa shape index (κ2) is 6.86. The second-order valence-corrected chi connectivity index (χ2v) is 6.49. The van der Waals surface area contributed by atoms with Crippen LogP contribution in [0.4, 0.5) is 4.79 Å². The molecule has 0 spiro atoms. The minimum absolute atomic E-state index is 0.100. The summed E-state index contributed by atoms with van der Waals surface area (Å²) in [7, 11) is 0. The van der Waals surface area contributed by atoms with Crippen LogP contribution in [0.3, 0.4) is 0 Å². The molecule has 0 saturated carbocycles. The molecular formula is C16H21N3O5. The van der Waals surface area contributed by atoms with Gasteiger partial charge < -0.3 is 19.6 Å². The molecular weight excluding hydrogens is 314 g/mol. The molecule has 0 radical (unpaired) electrons. The first-order valence-electron chi connectivity index (χ1n) is 7.63. The third-order valence-electron chi connectivity index (χ3n) is 3.50. The van der Waals surface area contributed by atoms with Crippen molar-refractivity contribution in [3.63, 3.8) is 0 Å². The second-order valence-electron chi connectivity index (χ2n) is 6.49. The lowest BCUT2D eigenvalue weighted by Gasteiger charge is -2.35. The summed E-state index contributed by atoms with van der Waals surface area (Å²) >= 11 is 0. The first-order chi connectivity index (χ1) is 11.2. The number of hydrogen-bond acceptors (Lipinski definition) is 5. The number of aromatic carboxylic acids is 1. The molecule has 0 aromatic carbocycles. The van der Waals surface area contributed by atoms with Crippen LogP contribution in [0.5, 0.6) is 0 Å². The predicted octanol–water partition coefficient (Wildman–Crippen LogP) is 1.47. The molecule has 2 amide bonds. The topological polar surface area (TPSA) is 100 Å².